The van der Waals surface area contributed by atoms with E-state index >= 15 is 0 Å². The van der Waals surface area contributed by atoms with Crippen LogP contribution in [0.3, 0.4) is 0 Å². The van der Waals surface area contributed by atoms with Crippen LogP contribution in [0.25, 0.3) is 0 Å². The van der Waals surface area contributed by atoms with Crippen molar-refractivity contribution in [1.29, 1.82) is 0 Å². The molecule has 2 aromatic carbocycles. The zero-order valence-electron chi connectivity index (χ0n) is 16.5. The average Bonchev–Trinajstić information content (AvgIpc) is 2.64. The third-order valence-corrected chi connectivity index (χ3v) is 5.75. The largest absolute Gasteiger partial charge is 0.497 e. The Labute approximate surface area is 165 Å². The Bertz CT molecular complexity index is 968. The number of sulfonamides is 1. The maximum absolute atomic E-state index is 12.0. The Kier molecular flexibility index (Phi) is 6.30. The van der Waals surface area contributed by atoms with E-state index in [1.54, 1.807) is 7.11 Å². The molecule has 0 unspecified atom stereocenters. The summed E-state index contributed by atoms with van der Waals surface area (Å²) in [6.45, 7) is 6.03. The van der Waals surface area contributed by atoms with E-state index in [0.717, 1.165) is 11.6 Å². The van der Waals surface area contributed by atoms with Crippen LogP contribution in [0, 0.1) is 15.5 Å². The molecule has 0 heterocycles. The van der Waals surface area contributed by atoms with Crippen LogP contribution in [0.2, 0.25) is 0 Å². The fourth-order valence-electron chi connectivity index (χ4n) is 2.85. The molecule has 0 aliphatic rings. The highest BCUT2D eigenvalue weighted by Crippen LogP contribution is 2.39. The molecule has 2 aromatic rings. The van der Waals surface area contributed by atoms with E-state index < -0.39 is 14.9 Å². The first-order valence-corrected chi connectivity index (χ1v) is 10.1. The van der Waals surface area contributed by atoms with Gasteiger partial charge in [0.25, 0.3) is 5.69 Å². The fraction of sp³-hybridized carbons (Fsp3) is 0.368. The molecule has 0 saturated carbocycles. The van der Waals surface area contributed by atoms with Crippen molar-refractivity contribution in [2.24, 2.45) is 5.41 Å². The normalized spacial score (nSPS) is 13.0. The van der Waals surface area contributed by atoms with Gasteiger partial charge in [0.1, 0.15) is 11.4 Å². The maximum atomic E-state index is 12.0. The number of nitro groups is 1. The highest BCUT2D eigenvalue weighted by molar-refractivity contribution is 7.89. The molecule has 2 N–H and O–H groups in total. The van der Waals surface area contributed by atoms with E-state index in [1.807, 2.05) is 45.0 Å². The number of nitro benzene ring substituents is 1. The first-order valence-electron chi connectivity index (χ1n) is 8.62. The molecule has 0 spiro atoms. The fourth-order valence-corrected chi connectivity index (χ4v) is 3.60. The second-order valence-corrected chi connectivity index (χ2v) is 9.25. The Morgan fingerprint density at radius 1 is 1.14 bits per heavy atom. The van der Waals surface area contributed by atoms with Gasteiger partial charge in [0.15, 0.2) is 0 Å². The second kappa shape index (κ2) is 8.15. The maximum Gasteiger partial charge on any atom is 0.293 e. The van der Waals surface area contributed by atoms with E-state index in [0.29, 0.717) is 5.75 Å². The molecule has 0 radical (unpaired) electrons. The molecule has 0 aromatic heterocycles. The van der Waals surface area contributed by atoms with Gasteiger partial charge in [-0.3, -0.25) is 10.1 Å². The van der Waals surface area contributed by atoms with Gasteiger partial charge in [-0.15, -0.1) is 0 Å². The molecule has 1 atom stereocenters. The van der Waals surface area contributed by atoms with Crippen LogP contribution in [0.15, 0.2) is 47.4 Å². The van der Waals surface area contributed by atoms with Gasteiger partial charge in [-0.1, -0.05) is 32.9 Å². The molecule has 8 nitrogen and oxygen atoms in total. The summed E-state index contributed by atoms with van der Waals surface area (Å²) in [7, 11) is -0.958. The quantitative estimate of drug-likeness (QED) is 0.535. The number of benzene rings is 2. The number of nitrogens with zero attached hydrogens (tertiary/aromatic N) is 1. The van der Waals surface area contributed by atoms with Crippen molar-refractivity contribution < 1.29 is 18.1 Å². The molecule has 0 amide bonds. The molecule has 2 rings (SSSR count). The molecule has 0 saturated heterocycles. The Morgan fingerprint density at radius 2 is 1.82 bits per heavy atom. The Balaban J connectivity index is 2.54. The van der Waals surface area contributed by atoms with Gasteiger partial charge in [-0.05, 0) is 42.3 Å². The summed E-state index contributed by atoms with van der Waals surface area (Å²) >= 11 is 0. The van der Waals surface area contributed by atoms with E-state index in [1.165, 1.54) is 19.2 Å². The topological polar surface area (TPSA) is 111 Å². The molecule has 0 fully saturated rings. The Hall–Kier alpha value is -2.65. The van der Waals surface area contributed by atoms with Crippen molar-refractivity contribution in [3.05, 3.63) is 58.1 Å². The molecule has 0 aliphatic heterocycles. The van der Waals surface area contributed by atoms with Crippen LogP contribution in [0.4, 0.5) is 11.4 Å². The number of methoxy groups -OCH3 is 1. The third-order valence-electron chi connectivity index (χ3n) is 4.34. The average molecular weight is 407 g/mol. The van der Waals surface area contributed by atoms with E-state index in [9.17, 15) is 18.5 Å². The smallest absolute Gasteiger partial charge is 0.293 e. The standard InChI is InChI=1S/C19H25N3O5S/c1-19(2,3)18(13-7-6-8-14(11-13)27-5)21-16-10-9-15(28(25,26)20-4)12-17(16)22(23)24/h6-12,18,20-21H,1-5H3/t18-/m1/s1. The first-order chi connectivity index (χ1) is 13.0. The van der Waals surface area contributed by atoms with Crippen LogP contribution in [-0.4, -0.2) is 27.5 Å². The predicted octanol–water partition coefficient (Wildman–Crippen LogP) is 3.71. The van der Waals surface area contributed by atoms with Gasteiger partial charge in [0.05, 0.1) is 23.0 Å². The van der Waals surface area contributed by atoms with Crippen LogP contribution in [0.5, 0.6) is 5.75 Å². The first kappa shape index (κ1) is 21.6. The second-order valence-electron chi connectivity index (χ2n) is 7.36. The molecular weight excluding hydrogens is 382 g/mol. The summed E-state index contributed by atoms with van der Waals surface area (Å²) in [6.07, 6.45) is 0. The van der Waals surface area contributed by atoms with Crippen LogP contribution in [0.1, 0.15) is 32.4 Å². The van der Waals surface area contributed by atoms with Crippen molar-refractivity contribution in [3.8, 4) is 5.75 Å². The molecule has 28 heavy (non-hydrogen) atoms. The summed E-state index contributed by atoms with van der Waals surface area (Å²) in [5.41, 5.74) is 0.528. The number of nitrogens with one attached hydrogen (secondary N) is 2. The highest BCUT2D eigenvalue weighted by atomic mass is 32.2. The summed E-state index contributed by atoms with van der Waals surface area (Å²) in [5, 5.41) is 14.8. The van der Waals surface area contributed by atoms with Gasteiger partial charge in [0.2, 0.25) is 10.0 Å². The summed E-state index contributed by atoms with van der Waals surface area (Å²) in [6, 6.07) is 11.0. The van der Waals surface area contributed by atoms with Crippen molar-refractivity contribution >= 4 is 21.4 Å². The molecule has 152 valence electrons. The number of ether oxygens (including phenoxy) is 1. The lowest BCUT2D eigenvalue weighted by atomic mass is 9.82. The molecule has 0 bridgehead atoms. The minimum atomic E-state index is -3.79. The number of hydrogen-bond acceptors (Lipinski definition) is 6. The number of hydrogen-bond donors (Lipinski definition) is 2. The summed E-state index contributed by atoms with van der Waals surface area (Å²) in [5.74, 6) is 0.679. The van der Waals surface area contributed by atoms with Gasteiger partial charge in [-0.25, -0.2) is 13.1 Å². The van der Waals surface area contributed by atoms with Crippen molar-refractivity contribution in [3.63, 3.8) is 0 Å². The Morgan fingerprint density at radius 3 is 2.36 bits per heavy atom. The van der Waals surface area contributed by atoms with E-state index in [2.05, 4.69) is 10.0 Å². The predicted molar refractivity (Wildman–Crippen MR) is 108 cm³/mol. The van der Waals surface area contributed by atoms with Crippen LogP contribution >= 0.6 is 0 Å². The third kappa shape index (κ3) is 4.79. The number of rotatable bonds is 7. The molecule has 0 aliphatic carbocycles. The zero-order valence-corrected chi connectivity index (χ0v) is 17.3. The van der Waals surface area contributed by atoms with Crippen LogP contribution in [-0.2, 0) is 10.0 Å². The zero-order chi connectivity index (χ0) is 21.1. The minimum absolute atomic E-state index is 0.166. The monoisotopic (exact) mass is 407 g/mol. The van der Waals surface area contributed by atoms with Gasteiger partial charge >= 0.3 is 0 Å². The van der Waals surface area contributed by atoms with Crippen molar-refractivity contribution in [2.75, 3.05) is 19.5 Å². The van der Waals surface area contributed by atoms with Crippen molar-refractivity contribution in [1.82, 2.24) is 4.72 Å². The van der Waals surface area contributed by atoms with Gasteiger partial charge < -0.3 is 10.1 Å². The van der Waals surface area contributed by atoms with E-state index in [4.69, 9.17) is 4.74 Å². The SMILES string of the molecule is CNS(=O)(=O)c1ccc(N[C@H](c2cccc(OC)c2)C(C)(C)C)c([N+](=O)[O-])c1. The lowest BCUT2D eigenvalue weighted by molar-refractivity contribution is -0.384. The molecular formula is C19H25N3O5S. The van der Waals surface area contributed by atoms with Gasteiger partial charge in [-0.2, -0.15) is 0 Å². The van der Waals surface area contributed by atoms with Crippen molar-refractivity contribution in [2.45, 2.75) is 31.7 Å². The number of anilines is 1. The van der Waals surface area contributed by atoms with Gasteiger partial charge in [0, 0.05) is 6.07 Å². The van der Waals surface area contributed by atoms with E-state index in [-0.39, 0.29) is 27.7 Å². The summed E-state index contributed by atoms with van der Waals surface area (Å²) in [4.78, 5) is 10.8. The van der Waals surface area contributed by atoms with Crippen LogP contribution < -0.4 is 14.8 Å². The lowest BCUT2D eigenvalue weighted by Gasteiger charge is -2.33. The minimum Gasteiger partial charge on any atom is -0.497 e. The summed E-state index contributed by atoms with van der Waals surface area (Å²) < 4.78 is 31.4. The molecule has 9 heteroatoms. The lowest BCUT2D eigenvalue weighted by Crippen LogP contribution is -2.26. The highest BCUT2D eigenvalue weighted by Gasteiger charge is 2.29.